The molecular weight excluding hydrogens is 278 g/mol. The maximum Gasteiger partial charge on any atom is 0.191 e. The number of nitrogens with one attached hydrogen (secondary N) is 2. The Balaban J connectivity index is 1.93. The molecule has 0 saturated heterocycles. The smallest absolute Gasteiger partial charge is 0.191 e. The van der Waals surface area contributed by atoms with Crippen molar-refractivity contribution in [2.75, 3.05) is 12.8 Å². The summed E-state index contributed by atoms with van der Waals surface area (Å²) in [6.07, 6.45) is 6.02. The van der Waals surface area contributed by atoms with Crippen molar-refractivity contribution in [3.8, 4) is 0 Å². The first-order chi connectivity index (χ1) is 10.2. The monoisotopic (exact) mass is 305 g/mol. The molecule has 0 radical (unpaired) electrons. The molecule has 3 nitrogen and oxygen atoms in total. The lowest BCUT2D eigenvalue weighted by molar-refractivity contribution is 0.615. The summed E-state index contributed by atoms with van der Waals surface area (Å²) < 4.78 is 0. The molecule has 0 bridgehead atoms. The van der Waals surface area contributed by atoms with Crippen LogP contribution in [0, 0.1) is 6.92 Å². The highest BCUT2D eigenvalue weighted by Crippen LogP contribution is 2.28. The van der Waals surface area contributed by atoms with E-state index in [9.17, 15) is 0 Å². The lowest BCUT2D eigenvalue weighted by Gasteiger charge is -2.17. The minimum absolute atomic E-state index is 0.567. The maximum atomic E-state index is 4.73. The van der Waals surface area contributed by atoms with Crippen molar-refractivity contribution >= 4 is 17.7 Å². The van der Waals surface area contributed by atoms with Crippen molar-refractivity contribution < 1.29 is 0 Å². The van der Waals surface area contributed by atoms with Gasteiger partial charge >= 0.3 is 0 Å². The predicted octanol–water partition coefficient (Wildman–Crippen LogP) is 3.33. The normalized spacial score (nSPS) is 22.3. The van der Waals surface area contributed by atoms with E-state index in [1.807, 2.05) is 11.8 Å². The highest BCUT2D eigenvalue weighted by atomic mass is 32.2. The van der Waals surface area contributed by atoms with Gasteiger partial charge in [-0.3, -0.25) is 0 Å². The number of hydrogen-bond acceptors (Lipinski definition) is 2. The van der Waals surface area contributed by atoms with Crippen LogP contribution < -0.4 is 10.6 Å². The third-order valence-corrected chi connectivity index (χ3v) is 5.00. The Morgan fingerprint density at radius 2 is 2.24 bits per heavy atom. The van der Waals surface area contributed by atoms with E-state index < -0.39 is 0 Å². The van der Waals surface area contributed by atoms with E-state index in [-0.39, 0.29) is 0 Å². The molecule has 1 aliphatic carbocycles. The molecule has 2 unspecified atom stereocenters. The van der Waals surface area contributed by atoms with E-state index in [0.29, 0.717) is 6.04 Å². The summed E-state index contributed by atoms with van der Waals surface area (Å²) in [5.74, 6) is 0.950. The lowest BCUT2D eigenvalue weighted by Crippen LogP contribution is -2.42. The van der Waals surface area contributed by atoms with Gasteiger partial charge in [0, 0.05) is 17.8 Å². The zero-order chi connectivity index (χ0) is 15.1. The fourth-order valence-corrected chi connectivity index (χ4v) is 3.58. The highest BCUT2D eigenvalue weighted by molar-refractivity contribution is 7.99. The summed E-state index contributed by atoms with van der Waals surface area (Å²) in [7, 11) is 0. The summed E-state index contributed by atoms with van der Waals surface area (Å²) in [5, 5.41) is 7.76. The Labute approximate surface area is 133 Å². The summed E-state index contributed by atoms with van der Waals surface area (Å²) in [6, 6.07) is 9.13. The van der Waals surface area contributed by atoms with Crippen molar-refractivity contribution in [2.24, 2.45) is 4.99 Å². The van der Waals surface area contributed by atoms with Gasteiger partial charge in [0.1, 0.15) is 0 Å². The molecule has 116 valence electrons. The molecule has 1 aromatic carbocycles. The second-order valence-electron chi connectivity index (χ2n) is 5.70. The Hall–Kier alpha value is -1.16. The van der Waals surface area contributed by atoms with Crippen LogP contribution in [-0.2, 0) is 6.54 Å². The van der Waals surface area contributed by atoms with Crippen molar-refractivity contribution in [2.45, 2.75) is 50.9 Å². The zero-order valence-corrected chi connectivity index (χ0v) is 14.2. The van der Waals surface area contributed by atoms with E-state index in [4.69, 9.17) is 4.99 Å². The molecule has 2 rings (SSSR count). The minimum atomic E-state index is 0.567. The fourth-order valence-electron chi connectivity index (χ4n) is 2.78. The summed E-state index contributed by atoms with van der Waals surface area (Å²) in [6.45, 7) is 5.87. The number of hydrogen-bond donors (Lipinski definition) is 2. The van der Waals surface area contributed by atoms with E-state index in [2.05, 4.69) is 55.0 Å². The van der Waals surface area contributed by atoms with Gasteiger partial charge in [-0.2, -0.15) is 11.8 Å². The minimum Gasteiger partial charge on any atom is -0.357 e. The summed E-state index contributed by atoms with van der Waals surface area (Å²) in [5.41, 5.74) is 2.56. The average molecular weight is 305 g/mol. The van der Waals surface area contributed by atoms with Crippen LogP contribution >= 0.6 is 11.8 Å². The molecular formula is C17H27N3S. The molecule has 2 atom stereocenters. The van der Waals surface area contributed by atoms with Gasteiger partial charge in [-0.25, -0.2) is 4.99 Å². The highest BCUT2D eigenvalue weighted by Gasteiger charge is 2.24. The van der Waals surface area contributed by atoms with Gasteiger partial charge in [0.05, 0.1) is 6.54 Å². The number of aryl methyl sites for hydroxylation is 1. The third-order valence-electron chi connectivity index (χ3n) is 3.91. The molecule has 1 saturated carbocycles. The van der Waals surface area contributed by atoms with E-state index in [1.54, 1.807) is 0 Å². The Morgan fingerprint density at radius 1 is 1.38 bits per heavy atom. The largest absolute Gasteiger partial charge is 0.357 e. The Bertz CT molecular complexity index is 473. The average Bonchev–Trinajstić information content (AvgIpc) is 2.93. The van der Waals surface area contributed by atoms with Gasteiger partial charge in [0.15, 0.2) is 5.96 Å². The van der Waals surface area contributed by atoms with Gasteiger partial charge in [-0.15, -0.1) is 0 Å². The number of thioether (sulfide) groups is 1. The molecule has 0 heterocycles. The first-order valence-corrected chi connectivity index (χ1v) is 9.13. The fraction of sp³-hybridized carbons (Fsp3) is 0.588. The van der Waals surface area contributed by atoms with Crippen LogP contribution in [0.25, 0.3) is 0 Å². The van der Waals surface area contributed by atoms with Crippen molar-refractivity contribution in [3.05, 3.63) is 35.4 Å². The molecule has 1 aromatic rings. The molecule has 0 spiro atoms. The van der Waals surface area contributed by atoms with Gasteiger partial charge < -0.3 is 10.6 Å². The van der Waals surface area contributed by atoms with Crippen LogP contribution in [0.1, 0.15) is 37.3 Å². The van der Waals surface area contributed by atoms with Crippen LogP contribution in [0.5, 0.6) is 0 Å². The first kappa shape index (κ1) is 16.2. The number of aliphatic imine (C=N–C) groups is 1. The van der Waals surface area contributed by atoms with Crippen molar-refractivity contribution in [3.63, 3.8) is 0 Å². The van der Waals surface area contributed by atoms with Crippen LogP contribution in [0.15, 0.2) is 29.3 Å². The van der Waals surface area contributed by atoms with E-state index >= 15 is 0 Å². The van der Waals surface area contributed by atoms with Crippen LogP contribution in [0.2, 0.25) is 0 Å². The maximum absolute atomic E-state index is 4.73. The third kappa shape index (κ3) is 5.27. The predicted molar refractivity (Wildman–Crippen MR) is 94.1 cm³/mol. The molecule has 4 heteroatoms. The lowest BCUT2D eigenvalue weighted by atomic mass is 10.1. The zero-order valence-electron chi connectivity index (χ0n) is 13.4. The molecule has 1 fully saturated rings. The summed E-state index contributed by atoms with van der Waals surface area (Å²) >= 11 is 1.99. The van der Waals surface area contributed by atoms with Crippen LogP contribution in [0.4, 0.5) is 0 Å². The van der Waals surface area contributed by atoms with E-state index in [1.165, 1.54) is 30.4 Å². The van der Waals surface area contributed by atoms with Gasteiger partial charge in [-0.05, 0) is 44.9 Å². The van der Waals surface area contributed by atoms with Crippen LogP contribution in [-0.4, -0.2) is 30.1 Å². The Kier molecular flexibility index (Phi) is 6.43. The molecule has 21 heavy (non-hydrogen) atoms. The van der Waals surface area contributed by atoms with E-state index in [0.717, 1.165) is 24.3 Å². The Morgan fingerprint density at radius 3 is 2.90 bits per heavy atom. The molecule has 0 amide bonds. The summed E-state index contributed by atoms with van der Waals surface area (Å²) in [4.78, 5) is 4.73. The SMILES string of the molecule is CCNC(=NCc1cccc(C)c1)NC1CCC(SC)C1. The number of guanidine groups is 1. The van der Waals surface area contributed by atoms with Gasteiger partial charge in [-0.1, -0.05) is 29.8 Å². The van der Waals surface area contributed by atoms with Crippen LogP contribution in [0.3, 0.4) is 0 Å². The molecule has 1 aliphatic rings. The number of benzene rings is 1. The quantitative estimate of drug-likeness (QED) is 0.647. The molecule has 0 aliphatic heterocycles. The second kappa shape index (κ2) is 8.32. The standard InChI is InChI=1S/C17H27N3S/c1-4-18-17(20-15-8-9-16(11-15)21-3)19-12-14-7-5-6-13(2)10-14/h5-7,10,15-16H,4,8-9,11-12H2,1-3H3,(H2,18,19,20). The first-order valence-electron chi connectivity index (χ1n) is 7.84. The van der Waals surface area contributed by atoms with Gasteiger partial charge in [0.2, 0.25) is 0 Å². The van der Waals surface area contributed by atoms with Crippen molar-refractivity contribution in [1.82, 2.24) is 10.6 Å². The molecule has 0 aromatic heterocycles. The number of nitrogens with zero attached hydrogens (tertiary/aromatic N) is 1. The molecule has 2 N–H and O–H groups in total. The van der Waals surface area contributed by atoms with Gasteiger partial charge in [0.25, 0.3) is 0 Å². The second-order valence-corrected chi connectivity index (χ2v) is 6.83. The topological polar surface area (TPSA) is 36.4 Å². The van der Waals surface area contributed by atoms with Crippen molar-refractivity contribution in [1.29, 1.82) is 0 Å². The number of rotatable bonds is 5.